The quantitative estimate of drug-likeness (QED) is 0.262. The van der Waals surface area contributed by atoms with Crippen LogP contribution in [0.1, 0.15) is 5.56 Å². The first kappa shape index (κ1) is 25.4. The molecular weight excluding hydrogens is 547 g/mol. The van der Waals surface area contributed by atoms with Crippen molar-refractivity contribution in [3.63, 3.8) is 0 Å². The predicted molar refractivity (Wildman–Crippen MR) is 141 cm³/mol. The van der Waals surface area contributed by atoms with Crippen molar-refractivity contribution in [1.29, 1.82) is 0 Å². The minimum absolute atomic E-state index is 0.0281. The molecule has 0 fully saturated rings. The first-order valence-corrected chi connectivity index (χ1v) is 13.1. The van der Waals surface area contributed by atoms with Crippen molar-refractivity contribution >= 4 is 43.2 Å². The number of hydrogen-bond donors (Lipinski definition) is 1. The van der Waals surface area contributed by atoms with Gasteiger partial charge in [0.2, 0.25) is 5.91 Å². The molecule has 0 saturated heterocycles. The number of ether oxygens (including phenoxy) is 1. The normalized spacial score (nSPS) is 11.1. The Hall–Kier alpha value is -3.69. The Kier molecular flexibility index (Phi) is 7.71. The van der Waals surface area contributed by atoms with Crippen LogP contribution >= 0.6 is 15.9 Å². The molecule has 0 unspecified atom stereocenters. The highest BCUT2D eigenvalue weighted by molar-refractivity contribution is 9.10. The van der Waals surface area contributed by atoms with Crippen molar-refractivity contribution in [2.75, 3.05) is 16.2 Å². The van der Waals surface area contributed by atoms with Gasteiger partial charge in [-0.3, -0.25) is 9.10 Å². The number of nitrogens with zero attached hydrogens (tertiary/aromatic N) is 1. The second kappa shape index (κ2) is 10.9. The van der Waals surface area contributed by atoms with Gasteiger partial charge in [0.05, 0.1) is 16.3 Å². The summed E-state index contributed by atoms with van der Waals surface area (Å²) >= 11 is 3.17. The van der Waals surface area contributed by atoms with Crippen LogP contribution in [0.3, 0.4) is 0 Å². The number of anilines is 2. The lowest BCUT2D eigenvalue weighted by molar-refractivity contribution is -0.114. The number of carbonyl (C=O) groups excluding carboxylic acids is 1. The summed E-state index contributed by atoms with van der Waals surface area (Å²) in [5.74, 6) is -0.214. The van der Waals surface area contributed by atoms with Crippen molar-refractivity contribution in [3.8, 4) is 11.5 Å². The van der Waals surface area contributed by atoms with Gasteiger partial charge in [0.1, 0.15) is 23.9 Å². The van der Waals surface area contributed by atoms with E-state index in [-0.39, 0.29) is 16.3 Å². The van der Waals surface area contributed by atoms with Gasteiger partial charge in [-0.25, -0.2) is 12.8 Å². The van der Waals surface area contributed by atoms with Gasteiger partial charge in [0.25, 0.3) is 10.0 Å². The van der Waals surface area contributed by atoms with Gasteiger partial charge < -0.3 is 10.1 Å². The fourth-order valence-electron chi connectivity index (χ4n) is 3.37. The Bertz CT molecular complexity index is 1460. The number of nitrogens with one attached hydrogen (secondary N) is 1. The molecular formula is C27H22BrFN2O4S. The molecule has 36 heavy (non-hydrogen) atoms. The molecule has 4 aromatic rings. The van der Waals surface area contributed by atoms with Crippen LogP contribution in [0.5, 0.6) is 11.5 Å². The number of carbonyl (C=O) groups is 1. The third-order valence-corrected chi connectivity index (χ3v) is 7.49. The number of aryl methyl sites for hydroxylation is 1. The highest BCUT2D eigenvalue weighted by Gasteiger charge is 2.27. The van der Waals surface area contributed by atoms with Gasteiger partial charge >= 0.3 is 0 Å². The van der Waals surface area contributed by atoms with E-state index in [0.717, 1.165) is 9.87 Å². The van der Waals surface area contributed by atoms with Crippen LogP contribution in [0.25, 0.3) is 0 Å². The number of sulfonamides is 1. The van der Waals surface area contributed by atoms with Gasteiger partial charge in [-0.2, -0.15) is 0 Å². The van der Waals surface area contributed by atoms with Gasteiger partial charge in [0, 0.05) is 4.47 Å². The molecule has 0 aromatic heterocycles. The number of rotatable bonds is 8. The third kappa shape index (κ3) is 6.10. The van der Waals surface area contributed by atoms with E-state index in [1.54, 1.807) is 54.6 Å². The number of hydrogen-bond acceptors (Lipinski definition) is 4. The van der Waals surface area contributed by atoms with Gasteiger partial charge in [0.15, 0.2) is 0 Å². The topological polar surface area (TPSA) is 75.7 Å². The molecule has 4 rings (SSSR count). The largest absolute Gasteiger partial charge is 0.457 e. The Morgan fingerprint density at radius 1 is 0.917 bits per heavy atom. The maximum absolute atomic E-state index is 14.2. The number of benzene rings is 4. The van der Waals surface area contributed by atoms with Crippen molar-refractivity contribution in [2.24, 2.45) is 0 Å². The van der Waals surface area contributed by atoms with Crippen molar-refractivity contribution in [3.05, 3.63) is 113 Å². The molecule has 0 atom stereocenters. The number of para-hydroxylation sites is 1. The van der Waals surface area contributed by atoms with Crippen LogP contribution in [-0.2, 0) is 14.8 Å². The van der Waals surface area contributed by atoms with Crippen LogP contribution in [0.15, 0.2) is 106 Å². The minimum Gasteiger partial charge on any atom is -0.457 e. The van der Waals surface area contributed by atoms with Crippen LogP contribution < -0.4 is 14.4 Å². The highest BCUT2D eigenvalue weighted by Crippen LogP contribution is 2.28. The molecule has 0 bridgehead atoms. The molecule has 4 aromatic carbocycles. The Labute approximate surface area is 217 Å². The third-order valence-electron chi connectivity index (χ3n) is 5.21. The van der Waals surface area contributed by atoms with E-state index in [1.165, 1.54) is 24.3 Å². The van der Waals surface area contributed by atoms with Crippen LogP contribution in [-0.4, -0.2) is 20.9 Å². The monoisotopic (exact) mass is 568 g/mol. The van der Waals surface area contributed by atoms with Gasteiger partial charge in [-0.1, -0.05) is 51.8 Å². The SMILES string of the molecule is Cc1ccc(S(=O)(=O)N(CC(=O)Nc2ccc(Br)cc2F)c2ccc(Oc3ccccc3)cc2)cc1. The summed E-state index contributed by atoms with van der Waals surface area (Å²) in [7, 11) is -4.12. The van der Waals surface area contributed by atoms with Crippen LogP contribution in [0.2, 0.25) is 0 Å². The van der Waals surface area contributed by atoms with Crippen LogP contribution in [0.4, 0.5) is 15.8 Å². The summed E-state index contributed by atoms with van der Waals surface area (Å²) in [5.41, 5.74) is 1.09. The number of amides is 1. The fourth-order valence-corrected chi connectivity index (χ4v) is 5.12. The molecule has 0 saturated carbocycles. The van der Waals surface area contributed by atoms with E-state index >= 15 is 0 Å². The van der Waals surface area contributed by atoms with Crippen molar-refractivity contribution < 1.29 is 22.3 Å². The molecule has 0 heterocycles. The van der Waals surface area contributed by atoms with Crippen molar-refractivity contribution in [1.82, 2.24) is 0 Å². The molecule has 9 heteroatoms. The first-order chi connectivity index (χ1) is 17.2. The lowest BCUT2D eigenvalue weighted by Gasteiger charge is -2.24. The second-order valence-electron chi connectivity index (χ2n) is 7.91. The zero-order valence-electron chi connectivity index (χ0n) is 19.2. The van der Waals surface area contributed by atoms with E-state index in [1.807, 2.05) is 25.1 Å². The molecule has 184 valence electrons. The highest BCUT2D eigenvalue weighted by atomic mass is 79.9. The smallest absolute Gasteiger partial charge is 0.264 e. The summed E-state index contributed by atoms with van der Waals surface area (Å²) in [6.07, 6.45) is 0. The summed E-state index contributed by atoms with van der Waals surface area (Å²) in [5, 5.41) is 2.45. The summed E-state index contributed by atoms with van der Waals surface area (Å²) in [4.78, 5) is 12.9. The van der Waals surface area contributed by atoms with E-state index in [0.29, 0.717) is 16.0 Å². The number of halogens is 2. The average molecular weight is 569 g/mol. The lowest BCUT2D eigenvalue weighted by Crippen LogP contribution is -2.38. The molecule has 0 radical (unpaired) electrons. The molecule has 1 N–H and O–H groups in total. The molecule has 6 nitrogen and oxygen atoms in total. The molecule has 0 aliphatic rings. The Morgan fingerprint density at radius 2 is 1.56 bits per heavy atom. The van der Waals surface area contributed by atoms with Gasteiger partial charge in [-0.15, -0.1) is 0 Å². The van der Waals surface area contributed by atoms with E-state index in [9.17, 15) is 17.6 Å². The predicted octanol–water partition coefficient (Wildman–Crippen LogP) is 6.52. The fraction of sp³-hybridized carbons (Fsp3) is 0.0741. The maximum Gasteiger partial charge on any atom is 0.264 e. The van der Waals surface area contributed by atoms with Crippen LogP contribution in [0, 0.1) is 12.7 Å². The van der Waals surface area contributed by atoms with E-state index in [4.69, 9.17) is 4.74 Å². The Morgan fingerprint density at radius 3 is 2.19 bits per heavy atom. The van der Waals surface area contributed by atoms with Crippen molar-refractivity contribution in [2.45, 2.75) is 11.8 Å². The summed E-state index contributed by atoms with van der Waals surface area (Å²) in [6, 6.07) is 26.0. The standard InChI is InChI=1S/C27H22BrFN2O4S/c1-19-7-14-24(15-8-19)36(33,34)31(18-27(32)30-26-16-9-20(28)17-25(26)29)21-10-12-23(13-11-21)35-22-5-3-2-4-6-22/h2-17H,18H2,1H3,(H,30,32). The first-order valence-electron chi connectivity index (χ1n) is 10.9. The summed E-state index contributed by atoms with van der Waals surface area (Å²) < 4.78 is 48.6. The molecule has 0 spiro atoms. The Balaban J connectivity index is 1.63. The van der Waals surface area contributed by atoms with E-state index < -0.39 is 28.3 Å². The van der Waals surface area contributed by atoms with E-state index in [2.05, 4.69) is 21.2 Å². The molecule has 0 aliphatic carbocycles. The molecule has 0 aliphatic heterocycles. The second-order valence-corrected chi connectivity index (χ2v) is 10.7. The zero-order chi connectivity index (χ0) is 25.7. The zero-order valence-corrected chi connectivity index (χ0v) is 21.6. The summed E-state index contributed by atoms with van der Waals surface area (Å²) in [6.45, 7) is 1.28. The molecule has 1 amide bonds. The van der Waals surface area contributed by atoms with Gasteiger partial charge in [-0.05, 0) is 73.7 Å². The minimum atomic E-state index is -4.12. The maximum atomic E-state index is 14.2. The lowest BCUT2D eigenvalue weighted by atomic mass is 10.2. The average Bonchev–Trinajstić information content (AvgIpc) is 2.86.